The number of rotatable bonds is 3. The van der Waals surface area contributed by atoms with Crippen LogP contribution in [0.3, 0.4) is 0 Å². The van der Waals surface area contributed by atoms with Gasteiger partial charge in [0.1, 0.15) is 15.8 Å². The van der Waals surface area contributed by atoms with Gasteiger partial charge in [-0.15, -0.1) is 11.3 Å². The van der Waals surface area contributed by atoms with Gasteiger partial charge in [0.15, 0.2) is 0 Å². The molecule has 3 rings (SSSR count). The number of nitrogens with zero attached hydrogens (tertiary/aromatic N) is 2. The Bertz CT molecular complexity index is 750. The van der Waals surface area contributed by atoms with E-state index in [1.165, 1.54) is 16.0 Å². The predicted molar refractivity (Wildman–Crippen MR) is 85.7 cm³/mol. The van der Waals surface area contributed by atoms with Gasteiger partial charge < -0.3 is 0 Å². The van der Waals surface area contributed by atoms with Crippen molar-refractivity contribution in [1.82, 2.24) is 9.97 Å². The molecule has 0 aliphatic carbocycles. The highest BCUT2D eigenvalue weighted by atomic mass is 35.5. The van der Waals surface area contributed by atoms with Gasteiger partial charge in [0.05, 0.1) is 5.39 Å². The zero-order valence-electron chi connectivity index (χ0n) is 11.5. The molecule has 0 N–H and O–H groups in total. The standard InChI is InChI=1S/C16H15ClN2S/c1-10-11(2)20-16-14(10)15(17)18-13(19-16)9-8-12-6-4-3-5-7-12/h3-7H,8-9H2,1-2H3. The van der Waals surface area contributed by atoms with Crippen molar-refractivity contribution < 1.29 is 0 Å². The third kappa shape index (κ3) is 2.56. The monoisotopic (exact) mass is 302 g/mol. The van der Waals surface area contributed by atoms with Gasteiger partial charge >= 0.3 is 0 Å². The van der Waals surface area contributed by atoms with E-state index in [2.05, 4.69) is 48.1 Å². The summed E-state index contributed by atoms with van der Waals surface area (Å²) in [6.45, 7) is 4.18. The van der Waals surface area contributed by atoms with Gasteiger partial charge in [-0.3, -0.25) is 0 Å². The lowest BCUT2D eigenvalue weighted by atomic mass is 10.1. The summed E-state index contributed by atoms with van der Waals surface area (Å²) in [5.74, 6) is 0.826. The smallest absolute Gasteiger partial charge is 0.141 e. The predicted octanol–water partition coefficient (Wildman–Crippen LogP) is 4.75. The fourth-order valence-electron chi connectivity index (χ4n) is 2.25. The molecule has 102 valence electrons. The van der Waals surface area contributed by atoms with Crippen LogP contribution in [0.25, 0.3) is 10.2 Å². The first-order chi connectivity index (χ1) is 9.65. The lowest BCUT2D eigenvalue weighted by Gasteiger charge is -2.03. The van der Waals surface area contributed by atoms with E-state index in [0.29, 0.717) is 5.15 Å². The second kappa shape index (κ2) is 5.51. The number of hydrogen-bond acceptors (Lipinski definition) is 3. The van der Waals surface area contributed by atoms with E-state index in [4.69, 9.17) is 11.6 Å². The molecule has 0 bridgehead atoms. The van der Waals surface area contributed by atoms with E-state index in [1.54, 1.807) is 11.3 Å². The van der Waals surface area contributed by atoms with Crippen LogP contribution in [0.4, 0.5) is 0 Å². The molecule has 0 atom stereocenters. The van der Waals surface area contributed by atoms with Crippen LogP contribution >= 0.6 is 22.9 Å². The average molecular weight is 303 g/mol. The number of hydrogen-bond donors (Lipinski definition) is 0. The number of halogens is 1. The summed E-state index contributed by atoms with van der Waals surface area (Å²) in [7, 11) is 0. The van der Waals surface area contributed by atoms with E-state index in [-0.39, 0.29) is 0 Å². The second-order valence-corrected chi connectivity index (χ2v) is 6.44. The molecule has 0 aliphatic heterocycles. The van der Waals surface area contributed by atoms with Crippen molar-refractivity contribution in [2.45, 2.75) is 26.7 Å². The Morgan fingerprint density at radius 1 is 1.05 bits per heavy atom. The summed E-state index contributed by atoms with van der Waals surface area (Å²) < 4.78 is 0. The molecule has 4 heteroatoms. The SMILES string of the molecule is Cc1sc2nc(CCc3ccccc3)nc(Cl)c2c1C. The maximum Gasteiger partial charge on any atom is 0.141 e. The highest BCUT2D eigenvalue weighted by Crippen LogP contribution is 2.32. The largest absolute Gasteiger partial charge is 0.222 e. The zero-order chi connectivity index (χ0) is 14.1. The number of fused-ring (bicyclic) bond motifs is 1. The minimum absolute atomic E-state index is 0.583. The molecule has 0 radical (unpaired) electrons. The molecule has 0 spiro atoms. The molecule has 20 heavy (non-hydrogen) atoms. The Hall–Kier alpha value is -1.45. The van der Waals surface area contributed by atoms with E-state index >= 15 is 0 Å². The zero-order valence-corrected chi connectivity index (χ0v) is 13.1. The average Bonchev–Trinajstić information content (AvgIpc) is 2.73. The highest BCUT2D eigenvalue weighted by molar-refractivity contribution is 7.18. The molecule has 0 amide bonds. The number of aryl methyl sites for hydroxylation is 4. The van der Waals surface area contributed by atoms with Crippen molar-refractivity contribution >= 4 is 33.2 Å². The van der Waals surface area contributed by atoms with Crippen LogP contribution in [0.5, 0.6) is 0 Å². The molecule has 0 aliphatic rings. The van der Waals surface area contributed by atoms with Crippen molar-refractivity contribution in [2.24, 2.45) is 0 Å². The van der Waals surface area contributed by atoms with Crippen LogP contribution < -0.4 is 0 Å². The number of thiophene rings is 1. The Balaban J connectivity index is 1.89. The quantitative estimate of drug-likeness (QED) is 0.653. The number of benzene rings is 1. The minimum Gasteiger partial charge on any atom is -0.222 e. The normalized spacial score (nSPS) is 11.2. The minimum atomic E-state index is 0.583. The van der Waals surface area contributed by atoms with E-state index in [9.17, 15) is 0 Å². The summed E-state index contributed by atoms with van der Waals surface area (Å²) in [5, 5.41) is 1.59. The summed E-state index contributed by atoms with van der Waals surface area (Å²) >= 11 is 8.01. The van der Waals surface area contributed by atoms with Crippen LogP contribution in [0, 0.1) is 13.8 Å². The molecule has 0 unspecified atom stereocenters. The molecule has 2 heterocycles. The summed E-state index contributed by atoms with van der Waals surface area (Å²) in [6, 6.07) is 10.4. The molecular weight excluding hydrogens is 288 g/mol. The summed E-state index contributed by atoms with van der Waals surface area (Å²) in [6.07, 6.45) is 1.75. The fourth-order valence-corrected chi connectivity index (χ4v) is 3.69. The molecule has 1 aromatic carbocycles. The molecule has 3 aromatic rings. The van der Waals surface area contributed by atoms with Crippen molar-refractivity contribution in [2.75, 3.05) is 0 Å². The van der Waals surface area contributed by atoms with Gasteiger partial charge in [-0.05, 0) is 31.4 Å². The fraction of sp³-hybridized carbons (Fsp3) is 0.250. The van der Waals surface area contributed by atoms with Gasteiger partial charge in [0, 0.05) is 11.3 Å². The van der Waals surface area contributed by atoms with Crippen LogP contribution in [-0.4, -0.2) is 9.97 Å². The molecular formula is C16H15ClN2S. The van der Waals surface area contributed by atoms with E-state index < -0.39 is 0 Å². The Morgan fingerprint density at radius 2 is 1.80 bits per heavy atom. The van der Waals surface area contributed by atoms with E-state index in [1.807, 2.05) is 6.07 Å². The first-order valence-corrected chi connectivity index (χ1v) is 7.80. The van der Waals surface area contributed by atoms with Crippen molar-refractivity contribution in [3.05, 3.63) is 57.3 Å². The van der Waals surface area contributed by atoms with Crippen molar-refractivity contribution in [1.29, 1.82) is 0 Å². The number of aromatic nitrogens is 2. The Morgan fingerprint density at radius 3 is 2.55 bits per heavy atom. The van der Waals surface area contributed by atoms with Gasteiger partial charge in [-0.1, -0.05) is 41.9 Å². The van der Waals surface area contributed by atoms with Gasteiger partial charge in [-0.2, -0.15) is 0 Å². The maximum atomic E-state index is 6.32. The lowest BCUT2D eigenvalue weighted by Crippen LogP contribution is -1.98. The van der Waals surface area contributed by atoms with Crippen LogP contribution in [0.1, 0.15) is 21.8 Å². The van der Waals surface area contributed by atoms with Gasteiger partial charge in [-0.25, -0.2) is 9.97 Å². The van der Waals surface area contributed by atoms with E-state index in [0.717, 1.165) is 28.9 Å². The van der Waals surface area contributed by atoms with Crippen LogP contribution in [0.15, 0.2) is 30.3 Å². The van der Waals surface area contributed by atoms with Gasteiger partial charge in [0.25, 0.3) is 0 Å². The topological polar surface area (TPSA) is 25.8 Å². The lowest BCUT2D eigenvalue weighted by molar-refractivity contribution is 0.871. The highest BCUT2D eigenvalue weighted by Gasteiger charge is 2.13. The second-order valence-electron chi connectivity index (χ2n) is 4.88. The Labute approximate surface area is 127 Å². The third-order valence-electron chi connectivity index (χ3n) is 3.51. The molecule has 0 saturated carbocycles. The first kappa shape index (κ1) is 13.5. The first-order valence-electron chi connectivity index (χ1n) is 6.61. The van der Waals surface area contributed by atoms with Crippen molar-refractivity contribution in [3.63, 3.8) is 0 Å². The summed E-state index contributed by atoms with van der Waals surface area (Å²) in [4.78, 5) is 11.4. The summed E-state index contributed by atoms with van der Waals surface area (Å²) in [5.41, 5.74) is 2.50. The molecule has 0 fully saturated rings. The molecule has 0 saturated heterocycles. The third-order valence-corrected chi connectivity index (χ3v) is 4.89. The van der Waals surface area contributed by atoms with Gasteiger partial charge in [0.2, 0.25) is 0 Å². The van der Waals surface area contributed by atoms with Crippen molar-refractivity contribution in [3.8, 4) is 0 Å². The maximum absolute atomic E-state index is 6.32. The Kier molecular flexibility index (Phi) is 3.72. The van der Waals surface area contributed by atoms with Crippen LogP contribution in [-0.2, 0) is 12.8 Å². The van der Waals surface area contributed by atoms with Crippen LogP contribution in [0.2, 0.25) is 5.15 Å². The molecule has 2 nitrogen and oxygen atoms in total. The molecule has 2 aromatic heterocycles.